The third-order valence-electron chi connectivity index (χ3n) is 4.56. The number of aromatic amines is 1. The molecular formula is C22H24N4O5S. The molecule has 0 saturated heterocycles. The van der Waals surface area contributed by atoms with Crippen LogP contribution in [0.4, 0.5) is 0 Å². The standard InChI is InChI=1S/C22H24N4O5S/c1-13(2)31-17-9-8-14(12-18(17)30-3)20(28)25-24-19(27)10-11-26-21(29)15-6-4-5-7-16(15)23-22(26)32/h4-9,12-13H,10-11H2,1-3H3,(H,23,32)(H,24,27)(H,25,28). The molecule has 0 atom stereocenters. The highest BCUT2D eigenvalue weighted by Gasteiger charge is 2.13. The fraction of sp³-hybridized carbons (Fsp3) is 0.273. The summed E-state index contributed by atoms with van der Waals surface area (Å²) in [5.74, 6) is -0.0736. The van der Waals surface area contributed by atoms with Crippen molar-refractivity contribution >= 4 is 34.9 Å². The molecule has 0 aliphatic heterocycles. The van der Waals surface area contributed by atoms with Crippen LogP contribution in [-0.2, 0) is 11.3 Å². The number of rotatable bonds is 7. The van der Waals surface area contributed by atoms with Gasteiger partial charge in [0.1, 0.15) is 0 Å². The summed E-state index contributed by atoms with van der Waals surface area (Å²) in [6, 6.07) is 11.7. The van der Waals surface area contributed by atoms with Crippen LogP contribution >= 0.6 is 12.2 Å². The van der Waals surface area contributed by atoms with E-state index in [2.05, 4.69) is 15.8 Å². The SMILES string of the molecule is COc1cc(C(=O)NNC(=O)CCn2c(=S)[nH]c3ccccc3c2=O)ccc1OC(C)C. The number of nitrogens with zero attached hydrogens (tertiary/aromatic N) is 1. The quantitative estimate of drug-likeness (QED) is 0.372. The fourth-order valence-corrected chi connectivity index (χ4v) is 3.32. The van der Waals surface area contributed by atoms with Gasteiger partial charge in [-0.15, -0.1) is 0 Å². The zero-order valence-corrected chi connectivity index (χ0v) is 18.7. The summed E-state index contributed by atoms with van der Waals surface area (Å²) >= 11 is 5.23. The zero-order valence-electron chi connectivity index (χ0n) is 17.9. The lowest BCUT2D eigenvalue weighted by Gasteiger charge is -2.14. The number of para-hydroxylation sites is 1. The van der Waals surface area contributed by atoms with Crippen LogP contribution in [0.15, 0.2) is 47.3 Å². The largest absolute Gasteiger partial charge is 0.493 e. The van der Waals surface area contributed by atoms with Gasteiger partial charge in [0.15, 0.2) is 16.3 Å². The van der Waals surface area contributed by atoms with Gasteiger partial charge in [-0.3, -0.25) is 29.8 Å². The van der Waals surface area contributed by atoms with Crippen LogP contribution in [0, 0.1) is 4.77 Å². The van der Waals surface area contributed by atoms with Crippen LogP contribution in [0.2, 0.25) is 0 Å². The van der Waals surface area contributed by atoms with E-state index in [4.69, 9.17) is 21.7 Å². The molecule has 0 bridgehead atoms. The molecular weight excluding hydrogens is 432 g/mol. The Bertz CT molecular complexity index is 1270. The van der Waals surface area contributed by atoms with Crippen molar-refractivity contribution in [3.63, 3.8) is 0 Å². The molecule has 9 nitrogen and oxygen atoms in total. The van der Waals surface area contributed by atoms with Gasteiger partial charge in [-0.1, -0.05) is 12.1 Å². The first kappa shape index (κ1) is 23.0. The first-order valence-electron chi connectivity index (χ1n) is 9.96. The monoisotopic (exact) mass is 456 g/mol. The number of aromatic nitrogens is 2. The molecule has 0 unspecified atom stereocenters. The van der Waals surface area contributed by atoms with Crippen LogP contribution in [0.5, 0.6) is 11.5 Å². The van der Waals surface area contributed by atoms with Crippen molar-refractivity contribution in [1.29, 1.82) is 0 Å². The number of fused-ring (bicyclic) bond motifs is 1. The van der Waals surface area contributed by atoms with Gasteiger partial charge in [0.25, 0.3) is 11.5 Å². The van der Waals surface area contributed by atoms with Gasteiger partial charge in [0, 0.05) is 18.5 Å². The molecule has 1 aromatic heterocycles. The van der Waals surface area contributed by atoms with Crippen LogP contribution in [0.3, 0.4) is 0 Å². The molecule has 0 spiro atoms. The van der Waals surface area contributed by atoms with E-state index >= 15 is 0 Å². The summed E-state index contributed by atoms with van der Waals surface area (Å²) in [6.45, 7) is 3.83. The number of hydrogen-bond acceptors (Lipinski definition) is 6. The second-order valence-corrected chi connectivity index (χ2v) is 7.60. The Morgan fingerprint density at radius 2 is 1.88 bits per heavy atom. The predicted molar refractivity (Wildman–Crippen MR) is 122 cm³/mol. The highest BCUT2D eigenvalue weighted by atomic mass is 32.1. The highest BCUT2D eigenvalue weighted by molar-refractivity contribution is 7.71. The Morgan fingerprint density at radius 1 is 1.12 bits per heavy atom. The molecule has 3 rings (SSSR count). The molecule has 3 aromatic rings. The number of amides is 2. The third-order valence-corrected chi connectivity index (χ3v) is 4.88. The number of H-pyrrole nitrogens is 1. The van der Waals surface area contributed by atoms with E-state index in [9.17, 15) is 14.4 Å². The van der Waals surface area contributed by atoms with E-state index in [-0.39, 0.29) is 35.0 Å². The fourth-order valence-electron chi connectivity index (χ4n) is 3.04. The molecule has 0 fully saturated rings. The second kappa shape index (κ2) is 10.1. The molecule has 1 heterocycles. The summed E-state index contributed by atoms with van der Waals surface area (Å²) in [5.41, 5.74) is 5.33. The zero-order chi connectivity index (χ0) is 23.3. The van der Waals surface area contributed by atoms with Crippen molar-refractivity contribution in [2.24, 2.45) is 0 Å². The Hall–Kier alpha value is -3.66. The number of ether oxygens (including phenoxy) is 2. The highest BCUT2D eigenvalue weighted by Crippen LogP contribution is 2.28. The van der Waals surface area contributed by atoms with E-state index in [1.54, 1.807) is 36.4 Å². The Morgan fingerprint density at radius 3 is 2.59 bits per heavy atom. The van der Waals surface area contributed by atoms with Crippen LogP contribution < -0.4 is 25.9 Å². The molecule has 2 aromatic carbocycles. The molecule has 10 heteroatoms. The Kier molecular flexibility index (Phi) is 7.26. The maximum atomic E-state index is 12.6. The molecule has 32 heavy (non-hydrogen) atoms. The number of hydrazine groups is 1. The minimum absolute atomic E-state index is 0.0498. The van der Waals surface area contributed by atoms with Gasteiger partial charge < -0.3 is 14.5 Å². The van der Waals surface area contributed by atoms with Gasteiger partial charge in [-0.2, -0.15) is 0 Å². The number of hydrogen-bond donors (Lipinski definition) is 3. The van der Waals surface area contributed by atoms with E-state index in [0.717, 1.165) is 0 Å². The number of benzene rings is 2. The lowest BCUT2D eigenvalue weighted by Crippen LogP contribution is -2.42. The minimum atomic E-state index is -0.520. The summed E-state index contributed by atoms with van der Waals surface area (Å²) in [7, 11) is 1.48. The Labute approximate surface area is 189 Å². The predicted octanol–water partition coefficient (Wildman–Crippen LogP) is 2.71. The average Bonchev–Trinajstić information content (AvgIpc) is 2.77. The first-order valence-corrected chi connectivity index (χ1v) is 10.4. The molecule has 0 aliphatic carbocycles. The number of nitrogens with one attached hydrogen (secondary N) is 3. The van der Waals surface area contributed by atoms with Crippen LogP contribution in [-0.4, -0.2) is 34.6 Å². The smallest absolute Gasteiger partial charge is 0.269 e. The summed E-state index contributed by atoms with van der Waals surface area (Å²) in [4.78, 5) is 40.2. The first-order chi connectivity index (χ1) is 15.3. The maximum Gasteiger partial charge on any atom is 0.269 e. The van der Waals surface area contributed by atoms with Gasteiger partial charge >= 0.3 is 0 Å². The Balaban J connectivity index is 1.61. The molecule has 0 saturated carbocycles. The normalized spacial score (nSPS) is 10.8. The van der Waals surface area contributed by atoms with Gasteiger partial charge in [0.2, 0.25) is 5.91 Å². The molecule has 168 valence electrons. The maximum absolute atomic E-state index is 12.6. The van der Waals surface area contributed by atoms with E-state index in [0.29, 0.717) is 22.4 Å². The summed E-state index contributed by atoms with van der Waals surface area (Å²) < 4.78 is 12.4. The molecule has 0 radical (unpaired) electrons. The van der Waals surface area contributed by atoms with Gasteiger partial charge in [-0.05, 0) is 56.4 Å². The number of carbonyl (C=O) groups excluding carboxylic acids is 2. The van der Waals surface area contributed by atoms with Gasteiger partial charge in [-0.25, -0.2) is 0 Å². The van der Waals surface area contributed by atoms with Crippen LogP contribution in [0.25, 0.3) is 10.9 Å². The van der Waals surface area contributed by atoms with Crippen molar-refractivity contribution in [2.75, 3.05) is 7.11 Å². The van der Waals surface area contributed by atoms with Crippen molar-refractivity contribution in [1.82, 2.24) is 20.4 Å². The van der Waals surface area contributed by atoms with Gasteiger partial charge in [0.05, 0.1) is 24.1 Å². The minimum Gasteiger partial charge on any atom is -0.493 e. The third kappa shape index (κ3) is 5.33. The van der Waals surface area contributed by atoms with Crippen molar-refractivity contribution in [3.05, 3.63) is 63.2 Å². The number of methoxy groups -OCH3 is 1. The number of carbonyl (C=O) groups is 2. The lowest BCUT2D eigenvalue weighted by atomic mass is 10.2. The molecule has 2 amide bonds. The van der Waals surface area contributed by atoms with Crippen molar-refractivity contribution in [3.8, 4) is 11.5 Å². The van der Waals surface area contributed by atoms with E-state index in [1.165, 1.54) is 17.7 Å². The second-order valence-electron chi connectivity index (χ2n) is 7.22. The van der Waals surface area contributed by atoms with Crippen LogP contribution in [0.1, 0.15) is 30.6 Å². The molecule has 0 aliphatic rings. The summed E-state index contributed by atoms with van der Waals surface area (Å²) in [5, 5.41) is 0.480. The lowest BCUT2D eigenvalue weighted by molar-refractivity contribution is -0.122. The van der Waals surface area contributed by atoms with Crippen molar-refractivity contribution < 1.29 is 19.1 Å². The van der Waals surface area contributed by atoms with Crippen molar-refractivity contribution in [2.45, 2.75) is 32.9 Å². The average molecular weight is 457 g/mol. The van der Waals surface area contributed by atoms with E-state index < -0.39 is 11.8 Å². The van der Waals surface area contributed by atoms with E-state index in [1.807, 2.05) is 13.8 Å². The molecule has 3 N–H and O–H groups in total. The topological polar surface area (TPSA) is 114 Å². The summed E-state index contributed by atoms with van der Waals surface area (Å²) in [6.07, 6.45) is -0.105.